The smallest absolute Gasteiger partial charge is 0.124 e. The van der Waals surface area contributed by atoms with Crippen molar-refractivity contribution >= 4 is 15.9 Å². The second-order valence-corrected chi connectivity index (χ2v) is 5.93. The molecule has 0 fully saturated rings. The third-order valence-corrected chi connectivity index (χ3v) is 2.53. The molecular weight excluding hydrogens is 268 g/mol. The topological polar surface area (TPSA) is 18.5 Å². The number of rotatable bonds is 4. The lowest BCUT2D eigenvalue weighted by Crippen LogP contribution is -2.14. The highest BCUT2D eigenvalue weighted by molar-refractivity contribution is 9.10. The van der Waals surface area contributed by atoms with E-state index in [1.54, 1.807) is 7.11 Å². The Kier molecular flexibility index (Phi) is 4.81. The lowest BCUT2D eigenvalue weighted by atomic mass is 9.99. The molecule has 0 N–H and O–H groups in total. The van der Waals surface area contributed by atoms with Crippen LogP contribution in [0.3, 0.4) is 0 Å². The van der Waals surface area contributed by atoms with Crippen molar-refractivity contribution < 1.29 is 9.47 Å². The standard InChI is InChI=1S/C13H19BrO2/c1-13(2,3)9-16-8-10-7-11(14)5-6-12(10)15-4/h5-7H,8-9H2,1-4H3. The van der Waals surface area contributed by atoms with Gasteiger partial charge < -0.3 is 9.47 Å². The Labute approximate surface area is 106 Å². The summed E-state index contributed by atoms with van der Waals surface area (Å²) in [4.78, 5) is 0. The quantitative estimate of drug-likeness (QED) is 0.832. The van der Waals surface area contributed by atoms with Crippen LogP contribution in [0.15, 0.2) is 22.7 Å². The SMILES string of the molecule is COc1ccc(Br)cc1COCC(C)(C)C. The highest BCUT2D eigenvalue weighted by Gasteiger charge is 2.11. The predicted octanol–water partition coefficient (Wildman–Crippen LogP) is 4.02. The van der Waals surface area contributed by atoms with Gasteiger partial charge in [-0.25, -0.2) is 0 Å². The fraction of sp³-hybridized carbons (Fsp3) is 0.538. The lowest BCUT2D eigenvalue weighted by molar-refractivity contribution is 0.0588. The van der Waals surface area contributed by atoms with Gasteiger partial charge in [0.05, 0.1) is 20.3 Å². The van der Waals surface area contributed by atoms with Gasteiger partial charge in [-0.2, -0.15) is 0 Å². The minimum atomic E-state index is 0.194. The first-order valence-corrected chi connectivity index (χ1v) is 6.12. The second-order valence-electron chi connectivity index (χ2n) is 5.01. The molecule has 1 aromatic carbocycles. The van der Waals surface area contributed by atoms with Crippen molar-refractivity contribution in [3.63, 3.8) is 0 Å². The number of ether oxygens (including phenoxy) is 2. The Morgan fingerprint density at radius 3 is 2.50 bits per heavy atom. The summed E-state index contributed by atoms with van der Waals surface area (Å²) in [6.07, 6.45) is 0. The number of halogens is 1. The highest BCUT2D eigenvalue weighted by Crippen LogP contribution is 2.24. The summed E-state index contributed by atoms with van der Waals surface area (Å²) in [7, 11) is 1.68. The van der Waals surface area contributed by atoms with Crippen LogP contribution in [0.25, 0.3) is 0 Å². The van der Waals surface area contributed by atoms with E-state index in [0.29, 0.717) is 6.61 Å². The van der Waals surface area contributed by atoms with E-state index in [1.165, 1.54) is 0 Å². The molecule has 0 saturated carbocycles. The molecule has 90 valence electrons. The monoisotopic (exact) mass is 286 g/mol. The zero-order valence-electron chi connectivity index (χ0n) is 10.3. The zero-order chi connectivity index (χ0) is 12.2. The molecule has 0 aliphatic heterocycles. The second kappa shape index (κ2) is 5.69. The van der Waals surface area contributed by atoms with Crippen LogP contribution < -0.4 is 4.74 Å². The van der Waals surface area contributed by atoms with Crippen LogP contribution in [0.5, 0.6) is 5.75 Å². The van der Waals surface area contributed by atoms with Gasteiger partial charge >= 0.3 is 0 Å². The van der Waals surface area contributed by atoms with E-state index in [1.807, 2.05) is 18.2 Å². The first-order chi connectivity index (χ1) is 7.42. The molecule has 0 heterocycles. The van der Waals surface area contributed by atoms with E-state index in [0.717, 1.165) is 22.4 Å². The third kappa shape index (κ3) is 4.54. The average Bonchev–Trinajstić information content (AvgIpc) is 2.16. The molecule has 0 aliphatic rings. The first-order valence-electron chi connectivity index (χ1n) is 5.32. The zero-order valence-corrected chi connectivity index (χ0v) is 11.9. The van der Waals surface area contributed by atoms with Crippen molar-refractivity contribution in [2.75, 3.05) is 13.7 Å². The molecule has 0 spiro atoms. The van der Waals surface area contributed by atoms with Crippen LogP contribution in [0.2, 0.25) is 0 Å². The van der Waals surface area contributed by atoms with E-state index in [9.17, 15) is 0 Å². The fourth-order valence-electron chi connectivity index (χ4n) is 1.33. The largest absolute Gasteiger partial charge is 0.496 e. The van der Waals surface area contributed by atoms with Crippen LogP contribution in [0, 0.1) is 5.41 Å². The molecule has 0 atom stereocenters. The van der Waals surface area contributed by atoms with Crippen molar-refractivity contribution in [2.45, 2.75) is 27.4 Å². The molecule has 0 aromatic heterocycles. The van der Waals surface area contributed by atoms with Crippen LogP contribution in [0.1, 0.15) is 26.3 Å². The highest BCUT2D eigenvalue weighted by atomic mass is 79.9. The molecule has 0 amide bonds. The van der Waals surface area contributed by atoms with E-state index >= 15 is 0 Å². The van der Waals surface area contributed by atoms with Gasteiger partial charge in [-0.05, 0) is 23.6 Å². The lowest BCUT2D eigenvalue weighted by Gasteiger charge is -2.18. The Morgan fingerprint density at radius 2 is 1.94 bits per heavy atom. The van der Waals surface area contributed by atoms with E-state index in [-0.39, 0.29) is 5.41 Å². The van der Waals surface area contributed by atoms with Gasteiger partial charge in [-0.1, -0.05) is 36.7 Å². The minimum Gasteiger partial charge on any atom is -0.496 e. The average molecular weight is 287 g/mol. The van der Waals surface area contributed by atoms with Gasteiger partial charge in [-0.15, -0.1) is 0 Å². The summed E-state index contributed by atoms with van der Waals surface area (Å²) < 4.78 is 12.0. The molecule has 0 saturated heterocycles. The first kappa shape index (κ1) is 13.5. The summed E-state index contributed by atoms with van der Waals surface area (Å²) in [6, 6.07) is 5.94. The Hall–Kier alpha value is -0.540. The summed E-state index contributed by atoms with van der Waals surface area (Å²) in [6.45, 7) is 7.80. The molecule has 3 heteroatoms. The van der Waals surface area contributed by atoms with Crippen molar-refractivity contribution in [3.05, 3.63) is 28.2 Å². The number of hydrogen-bond donors (Lipinski definition) is 0. The van der Waals surface area contributed by atoms with Crippen LogP contribution >= 0.6 is 15.9 Å². The van der Waals surface area contributed by atoms with Gasteiger partial charge in [-0.3, -0.25) is 0 Å². The summed E-state index contributed by atoms with van der Waals surface area (Å²) >= 11 is 3.45. The fourth-order valence-corrected chi connectivity index (χ4v) is 1.74. The number of hydrogen-bond acceptors (Lipinski definition) is 2. The third-order valence-electron chi connectivity index (χ3n) is 2.04. The van der Waals surface area contributed by atoms with E-state index in [2.05, 4.69) is 36.7 Å². The molecule has 2 nitrogen and oxygen atoms in total. The molecule has 0 bridgehead atoms. The summed E-state index contributed by atoms with van der Waals surface area (Å²) in [5.74, 6) is 0.872. The molecule has 1 rings (SSSR count). The van der Waals surface area contributed by atoms with Gasteiger partial charge in [0.2, 0.25) is 0 Å². The van der Waals surface area contributed by atoms with Crippen molar-refractivity contribution in [1.29, 1.82) is 0 Å². The maximum Gasteiger partial charge on any atom is 0.124 e. The van der Waals surface area contributed by atoms with Crippen LogP contribution in [-0.4, -0.2) is 13.7 Å². The molecule has 0 radical (unpaired) electrons. The molecule has 16 heavy (non-hydrogen) atoms. The Balaban J connectivity index is 2.62. The van der Waals surface area contributed by atoms with Crippen LogP contribution in [-0.2, 0) is 11.3 Å². The van der Waals surface area contributed by atoms with E-state index in [4.69, 9.17) is 9.47 Å². The minimum absolute atomic E-state index is 0.194. The van der Waals surface area contributed by atoms with Crippen molar-refractivity contribution in [3.8, 4) is 5.75 Å². The van der Waals surface area contributed by atoms with Crippen molar-refractivity contribution in [1.82, 2.24) is 0 Å². The van der Waals surface area contributed by atoms with Gasteiger partial charge in [0.1, 0.15) is 5.75 Å². The van der Waals surface area contributed by atoms with Gasteiger partial charge in [0.15, 0.2) is 0 Å². The Bertz CT molecular complexity index is 342. The predicted molar refractivity (Wildman–Crippen MR) is 69.8 cm³/mol. The maximum absolute atomic E-state index is 5.68. The number of benzene rings is 1. The maximum atomic E-state index is 5.68. The molecule has 0 aliphatic carbocycles. The van der Waals surface area contributed by atoms with E-state index < -0.39 is 0 Å². The Morgan fingerprint density at radius 1 is 1.25 bits per heavy atom. The molecule has 0 unspecified atom stereocenters. The number of methoxy groups -OCH3 is 1. The molecule has 1 aromatic rings. The van der Waals surface area contributed by atoms with Gasteiger partial charge in [0, 0.05) is 10.0 Å². The molecular formula is C13H19BrO2. The normalized spacial score (nSPS) is 11.6. The van der Waals surface area contributed by atoms with Gasteiger partial charge in [0.25, 0.3) is 0 Å². The summed E-state index contributed by atoms with van der Waals surface area (Å²) in [5.41, 5.74) is 1.26. The summed E-state index contributed by atoms with van der Waals surface area (Å²) in [5, 5.41) is 0. The van der Waals surface area contributed by atoms with Crippen LogP contribution in [0.4, 0.5) is 0 Å². The van der Waals surface area contributed by atoms with Crippen molar-refractivity contribution in [2.24, 2.45) is 5.41 Å².